The number of unbranched alkanes of at least 4 members (excludes halogenated alkanes) is 3. The Morgan fingerprint density at radius 3 is 2.88 bits per heavy atom. The Hall–Kier alpha value is -0.830. The van der Waals surface area contributed by atoms with Crippen molar-refractivity contribution in [1.29, 1.82) is 0 Å². The van der Waals surface area contributed by atoms with E-state index in [1.165, 1.54) is 49.8 Å². The highest BCUT2D eigenvalue weighted by atomic mass is 15.3. The molecule has 3 heteroatoms. The Morgan fingerprint density at radius 1 is 1.35 bits per heavy atom. The molecule has 1 aromatic heterocycles. The Labute approximate surface area is 105 Å². The van der Waals surface area contributed by atoms with Gasteiger partial charge in [-0.25, -0.2) is 0 Å². The smallest absolute Gasteiger partial charge is 0.0537 e. The summed E-state index contributed by atoms with van der Waals surface area (Å²) in [6, 6.07) is 0.780. The zero-order valence-electron chi connectivity index (χ0n) is 11.2. The molecule has 0 amide bonds. The predicted octanol–water partition coefficient (Wildman–Crippen LogP) is 3.02. The van der Waals surface area contributed by atoms with E-state index in [-0.39, 0.29) is 0 Å². The fourth-order valence-electron chi connectivity index (χ4n) is 2.11. The number of nitrogens with one attached hydrogen (secondary N) is 1. The SMILES string of the molecule is CCCCCCn1ncc(CNC2CC2)c1C. The number of aromatic nitrogens is 2. The lowest BCUT2D eigenvalue weighted by Crippen LogP contribution is -2.15. The Balaban J connectivity index is 1.76. The second-order valence-corrected chi connectivity index (χ2v) is 5.19. The van der Waals surface area contributed by atoms with Crippen LogP contribution in [0.3, 0.4) is 0 Å². The van der Waals surface area contributed by atoms with Gasteiger partial charge < -0.3 is 5.32 Å². The number of hydrogen-bond acceptors (Lipinski definition) is 2. The monoisotopic (exact) mass is 235 g/mol. The summed E-state index contributed by atoms with van der Waals surface area (Å²) in [5, 5.41) is 8.04. The maximum atomic E-state index is 4.49. The van der Waals surface area contributed by atoms with Crippen molar-refractivity contribution in [1.82, 2.24) is 15.1 Å². The van der Waals surface area contributed by atoms with Gasteiger partial charge in [-0.05, 0) is 26.2 Å². The maximum absolute atomic E-state index is 4.49. The van der Waals surface area contributed by atoms with E-state index in [1.54, 1.807) is 0 Å². The quantitative estimate of drug-likeness (QED) is 0.702. The van der Waals surface area contributed by atoms with Crippen molar-refractivity contribution in [3.63, 3.8) is 0 Å². The summed E-state index contributed by atoms with van der Waals surface area (Å²) in [7, 11) is 0. The standard InChI is InChI=1S/C14H25N3/c1-3-4-5-6-9-17-12(2)13(11-16-17)10-15-14-7-8-14/h11,14-15H,3-10H2,1-2H3. The number of hydrogen-bond donors (Lipinski definition) is 1. The van der Waals surface area contributed by atoms with Gasteiger partial charge >= 0.3 is 0 Å². The van der Waals surface area contributed by atoms with Crippen LogP contribution < -0.4 is 5.32 Å². The van der Waals surface area contributed by atoms with Gasteiger partial charge in [-0.3, -0.25) is 4.68 Å². The van der Waals surface area contributed by atoms with E-state index in [0.29, 0.717) is 0 Å². The van der Waals surface area contributed by atoms with Crippen LogP contribution in [0, 0.1) is 6.92 Å². The van der Waals surface area contributed by atoms with Crippen LogP contribution in [0.25, 0.3) is 0 Å². The van der Waals surface area contributed by atoms with Crippen LogP contribution in [-0.2, 0) is 13.1 Å². The molecule has 0 unspecified atom stereocenters. The fraction of sp³-hybridized carbons (Fsp3) is 0.786. The van der Waals surface area contributed by atoms with Gasteiger partial charge in [-0.1, -0.05) is 26.2 Å². The van der Waals surface area contributed by atoms with Crippen molar-refractivity contribution in [2.45, 2.75) is 71.5 Å². The van der Waals surface area contributed by atoms with E-state index in [0.717, 1.165) is 19.1 Å². The van der Waals surface area contributed by atoms with E-state index in [1.807, 2.05) is 6.20 Å². The minimum atomic E-state index is 0.780. The Kier molecular flexibility index (Phi) is 4.60. The molecule has 0 saturated heterocycles. The van der Waals surface area contributed by atoms with E-state index >= 15 is 0 Å². The zero-order valence-corrected chi connectivity index (χ0v) is 11.2. The van der Waals surface area contributed by atoms with Gasteiger partial charge in [0.05, 0.1) is 6.20 Å². The minimum Gasteiger partial charge on any atom is -0.310 e. The average Bonchev–Trinajstić information content (AvgIpc) is 3.09. The third kappa shape index (κ3) is 3.84. The van der Waals surface area contributed by atoms with Crippen molar-refractivity contribution in [2.75, 3.05) is 0 Å². The molecule has 1 aliphatic carbocycles. The first kappa shape index (κ1) is 12.6. The van der Waals surface area contributed by atoms with Gasteiger partial charge in [0.25, 0.3) is 0 Å². The minimum absolute atomic E-state index is 0.780. The van der Waals surface area contributed by atoms with Gasteiger partial charge in [0, 0.05) is 30.4 Å². The Bertz CT molecular complexity index is 339. The molecule has 1 aromatic rings. The van der Waals surface area contributed by atoms with E-state index in [4.69, 9.17) is 0 Å². The highest BCUT2D eigenvalue weighted by Crippen LogP contribution is 2.19. The maximum Gasteiger partial charge on any atom is 0.0537 e. The molecule has 1 aliphatic rings. The highest BCUT2D eigenvalue weighted by Gasteiger charge is 2.20. The second-order valence-electron chi connectivity index (χ2n) is 5.19. The first-order valence-electron chi connectivity index (χ1n) is 7.06. The van der Waals surface area contributed by atoms with Crippen LogP contribution in [0.15, 0.2) is 6.20 Å². The van der Waals surface area contributed by atoms with Crippen LogP contribution in [0.2, 0.25) is 0 Å². The van der Waals surface area contributed by atoms with E-state index in [9.17, 15) is 0 Å². The van der Waals surface area contributed by atoms with Crippen LogP contribution >= 0.6 is 0 Å². The molecule has 0 aromatic carbocycles. The largest absolute Gasteiger partial charge is 0.310 e. The third-order valence-corrected chi connectivity index (χ3v) is 3.59. The molecule has 1 saturated carbocycles. The summed E-state index contributed by atoms with van der Waals surface area (Å²) in [6.07, 6.45) is 9.96. The Morgan fingerprint density at radius 2 is 2.18 bits per heavy atom. The van der Waals surface area contributed by atoms with E-state index < -0.39 is 0 Å². The molecule has 0 spiro atoms. The molecule has 0 aliphatic heterocycles. The molecule has 0 radical (unpaired) electrons. The molecule has 0 bridgehead atoms. The fourth-order valence-corrected chi connectivity index (χ4v) is 2.11. The normalized spacial score (nSPS) is 15.4. The third-order valence-electron chi connectivity index (χ3n) is 3.59. The predicted molar refractivity (Wildman–Crippen MR) is 71.0 cm³/mol. The van der Waals surface area contributed by atoms with Crippen LogP contribution in [0.4, 0.5) is 0 Å². The topological polar surface area (TPSA) is 29.9 Å². The molecule has 3 nitrogen and oxygen atoms in total. The van der Waals surface area contributed by atoms with Crippen molar-refractivity contribution in [3.05, 3.63) is 17.5 Å². The highest BCUT2D eigenvalue weighted by molar-refractivity contribution is 5.16. The summed E-state index contributed by atoms with van der Waals surface area (Å²) in [6.45, 7) is 6.51. The number of nitrogens with zero attached hydrogens (tertiary/aromatic N) is 2. The first-order chi connectivity index (χ1) is 8.31. The summed E-state index contributed by atoms with van der Waals surface area (Å²) >= 11 is 0. The second kappa shape index (κ2) is 6.20. The van der Waals surface area contributed by atoms with Crippen molar-refractivity contribution in [3.8, 4) is 0 Å². The number of rotatable bonds is 8. The summed E-state index contributed by atoms with van der Waals surface area (Å²) in [4.78, 5) is 0. The molecular weight excluding hydrogens is 210 g/mol. The van der Waals surface area contributed by atoms with Gasteiger partial charge in [0.1, 0.15) is 0 Å². The lowest BCUT2D eigenvalue weighted by atomic mass is 10.2. The number of aryl methyl sites for hydroxylation is 1. The lowest BCUT2D eigenvalue weighted by Gasteiger charge is -2.06. The van der Waals surface area contributed by atoms with Crippen LogP contribution in [0.5, 0.6) is 0 Å². The molecule has 1 heterocycles. The van der Waals surface area contributed by atoms with Crippen molar-refractivity contribution in [2.24, 2.45) is 0 Å². The van der Waals surface area contributed by atoms with E-state index in [2.05, 4.69) is 28.9 Å². The van der Waals surface area contributed by atoms with Gasteiger partial charge in [-0.15, -0.1) is 0 Å². The van der Waals surface area contributed by atoms with Gasteiger partial charge in [-0.2, -0.15) is 5.10 Å². The average molecular weight is 235 g/mol. The summed E-state index contributed by atoms with van der Waals surface area (Å²) in [5.74, 6) is 0. The zero-order chi connectivity index (χ0) is 12.1. The molecule has 17 heavy (non-hydrogen) atoms. The molecule has 1 N–H and O–H groups in total. The molecule has 0 atom stereocenters. The van der Waals surface area contributed by atoms with Crippen molar-refractivity contribution >= 4 is 0 Å². The molecule has 96 valence electrons. The van der Waals surface area contributed by atoms with Crippen molar-refractivity contribution < 1.29 is 0 Å². The molecular formula is C14H25N3. The van der Waals surface area contributed by atoms with Gasteiger partial charge in [0.2, 0.25) is 0 Å². The van der Waals surface area contributed by atoms with Gasteiger partial charge in [0.15, 0.2) is 0 Å². The summed E-state index contributed by atoms with van der Waals surface area (Å²) < 4.78 is 2.17. The molecule has 1 fully saturated rings. The van der Waals surface area contributed by atoms with Crippen LogP contribution in [-0.4, -0.2) is 15.8 Å². The summed E-state index contributed by atoms with van der Waals surface area (Å²) in [5.41, 5.74) is 2.71. The molecule has 2 rings (SSSR count). The first-order valence-corrected chi connectivity index (χ1v) is 7.06. The van der Waals surface area contributed by atoms with Crippen LogP contribution in [0.1, 0.15) is 56.7 Å². The lowest BCUT2D eigenvalue weighted by molar-refractivity contribution is 0.530.